The van der Waals surface area contributed by atoms with E-state index in [0.717, 1.165) is 54.6 Å². The number of fused-ring (bicyclic) bond motifs is 1. The number of aryl methyl sites for hydroxylation is 1. The third kappa shape index (κ3) is 3.80. The molecule has 0 aromatic heterocycles. The second-order valence-corrected chi connectivity index (χ2v) is 6.73. The molecule has 1 aromatic rings. The Labute approximate surface area is 142 Å². The highest BCUT2D eigenvalue weighted by atomic mass is 35.5. The fourth-order valence-electron chi connectivity index (χ4n) is 2.66. The highest BCUT2D eigenvalue weighted by molar-refractivity contribution is 6.48. The average Bonchev–Trinajstić information content (AvgIpc) is 2.49. The van der Waals surface area contributed by atoms with Crippen LogP contribution in [0, 0.1) is 11.3 Å². The van der Waals surface area contributed by atoms with Crippen molar-refractivity contribution in [2.45, 2.75) is 46.0 Å². The van der Waals surface area contributed by atoms with Crippen LogP contribution in [0.3, 0.4) is 0 Å². The summed E-state index contributed by atoms with van der Waals surface area (Å²) in [6, 6.07) is 3.70. The number of nitrogens with zero attached hydrogens (tertiary/aromatic N) is 1. The van der Waals surface area contributed by atoms with Gasteiger partial charge in [0.15, 0.2) is 0 Å². The molecule has 0 saturated carbocycles. The van der Waals surface area contributed by atoms with Crippen LogP contribution in [0.4, 0.5) is 5.69 Å². The molecule has 1 N–H and O–H groups in total. The molecular formula is C18H22Cl2N2. The molecule has 22 heavy (non-hydrogen) atoms. The van der Waals surface area contributed by atoms with Crippen LogP contribution in [0.15, 0.2) is 29.3 Å². The number of hydrogen-bond donors (Lipinski definition) is 1. The van der Waals surface area contributed by atoms with Crippen molar-refractivity contribution >= 4 is 40.3 Å². The minimum Gasteiger partial charge on any atom is -0.299 e. The number of halogens is 2. The normalized spacial score (nSPS) is 16.6. The highest BCUT2D eigenvalue weighted by Crippen LogP contribution is 2.34. The van der Waals surface area contributed by atoms with Gasteiger partial charge in [-0.15, -0.1) is 0 Å². The molecule has 2 rings (SSSR count). The highest BCUT2D eigenvalue weighted by Gasteiger charge is 2.21. The number of rotatable bonds is 4. The summed E-state index contributed by atoms with van der Waals surface area (Å²) in [6.07, 6.45) is 4.84. The number of aliphatic imine (C=N–C) groups is 1. The lowest BCUT2D eigenvalue weighted by molar-refractivity contribution is 0.627. The molecule has 0 spiro atoms. The summed E-state index contributed by atoms with van der Waals surface area (Å²) in [4.78, 5) is 4.77. The summed E-state index contributed by atoms with van der Waals surface area (Å²) in [5, 5.41) is 9.47. The van der Waals surface area contributed by atoms with Crippen molar-refractivity contribution in [3.8, 4) is 0 Å². The predicted molar refractivity (Wildman–Crippen MR) is 97.4 cm³/mol. The molecular weight excluding hydrogens is 315 g/mol. The Morgan fingerprint density at radius 3 is 2.64 bits per heavy atom. The van der Waals surface area contributed by atoms with Crippen molar-refractivity contribution in [2.75, 3.05) is 0 Å². The van der Waals surface area contributed by atoms with Gasteiger partial charge in [0.05, 0.1) is 27.2 Å². The first-order valence-electron chi connectivity index (χ1n) is 7.77. The quantitative estimate of drug-likeness (QED) is 0.659. The van der Waals surface area contributed by atoms with Gasteiger partial charge in [0.1, 0.15) is 0 Å². The summed E-state index contributed by atoms with van der Waals surface area (Å²) >= 11 is 12.3. The van der Waals surface area contributed by atoms with Gasteiger partial charge in [-0.2, -0.15) is 0 Å². The maximum Gasteiger partial charge on any atom is 0.0783 e. The maximum atomic E-state index is 8.40. The monoisotopic (exact) mass is 336 g/mol. The smallest absolute Gasteiger partial charge is 0.0783 e. The number of unbranched alkanes of at least 4 members (excludes halogenated alkanes) is 1. The Morgan fingerprint density at radius 1 is 1.27 bits per heavy atom. The second-order valence-electron chi connectivity index (χ2n) is 5.91. The molecule has 1 aromatic carbocycles. The summed E-state index contributed by atoms with van der Waals surface area (Å²) in [6.45, 7) is 8.37. The first-order valence-corrected chi connectivity index (χ1v) is 8.53. The molecule has 0 bridgehead atoms. The number of benzene rings is 1. The Morgan fingerprint density at radius 2 is 1.95 bits per heavy atom. The van der Waals surface area contributed by atoms with Crippen molar-refractivity contribution in [1.29, 1.82) is 5.41 Å². The lowest BCUT2D eigenvalue weighted by Gasteiger charge is -2.21. The SMILES string of the molecule is C=C1CCc2cc(Cl)c(Cl)cc2N=C(C(C)CCCC)C1=N. The van der Waals surface area contributed by atoms with Crippen LogP contribution in [0.1, 0.15) is 45.1 Å². The molecule has 1 aliphatic rings. The number of nitrogens with one attached hydrogen (secondary N) is 1. The van der Waals surface area contributed by atoms with Gasteiger partial charge in [0.25, 0.3) is 0 Å². The van der Waals surface area contributed by atoms with E-state index in [4.69, 9.17) is 33.6 Å². The van der Waals surface area contributed by atoms with Gasteiger partial charge in [0, 0.05) is 5.92 Å². The van der Waals surface area contributed by atoms with Crippen LogP contribution in [0.5, 0.6) is 0 Å². The van der Waals surface area contributed by atoms with E-state index in [9.17, 15) is 0 Å². The molecule has 0 fully saturated rings. The van der Waals surface area contributed by atoms with Gasteiger partial charge in [0.2, 0.25) is 0 Å². The fourth-order valence-corrected chi connectivity index (χ4v) is 3.01. The summed E-state index contributed by atoms with van der Waals surface area (Å²) < 4.78 is 0. The van der Waals surface area contributed by atoms with E-state index >= 15 is 0 Å². The average molecular weight is 337 g/mol. The van der Waals surface area contributed by atoms with Crippen LogP contribution in [0.2, 0.25) is 10.0 Å². The molecule has 1 heterocycles. The van der Waals surface area contributed by atoms with Crippen molar-refractivity contribution in [2.24, 2.45) is 10.9 Å². The van der Waals surface area contributed by atoms with E-state index in [1.54, 1.807) is 0 Å². The Bertz CT molecular complexity index is 632. The van der Waals surface area contributed by atoms with Gasteiger partial charge in [-0.3, -0.25) is 10.4 Å². The molecule has 2 nitrogen and oxygen atoms in total. The maximum absolute atomic E-state index is 8.40. The van der Waals surface area contributed by atoms with Gasteiger partial charge in [-0.1, -0.05) is 56.5 Å². The minimum atomic E-state index is 0.240. The van der Waals surface area contributed by atoms with Gasteiger partial charge >= 0.3 is 0 Å². The van der Waals surface area contributed by atoms with E-state index in [0.29, 0.717) is 15.8 Å². The van der Waals surface area contributed by atoms with E-state index in [-0.39, 0.29) is 5.92 Å². The largest absolute Gasteiger partial charge is 0.299 e. The molecule has 118 valence electrons. The zero-order chi connectivity index (χ0) is 16.3. The Hall–Kier alpha value is -1.12. The minimum absolute atomic E-state index is 0.240. The fraction of sp³-hybridized carbons (Fsp3) is 0.444. The standard InChI is InChI=1S/C18H22Cl2N2/c1-4-5-6-12(3)18-17(21)11(2)7-8-13-9-14(19)15(20)10-16(13)22-18/h9-10,12,21H,2,4-8H2,1,3H3. The van der Waals surface area contributed by atoms with Gasteiger partial charge in [-0.05, 0) is 42.5 Å². The molecule has 4 heteroatoms. The van der Waals surface area contributed by atoms with Crippen molar-refractivity contribution in [3.63, 3.8) is 0 Å². The third-order valence-electron chi connectivity index (χ3n) is 4.13. The summed E-state index contributed by atoms with van der Waals surface area (Å²) in [5.41, 5.74) is 4.06. The summed E-state index contributed by atoms with van der Waals surface area (Å²) in [7, 11) is 0. The van der Waals surface area contributed by atoms with Crippen molar-refractivity contribution in [1.82, 2.24) is 0 Å². The first-order chi connectivity index (χ1) is 10.4. The molecule has 1 atom stereocenters. The summed E-state index contributed by atoms with van der Waals surface area (Å²) in [5.74, 6) is 0.240. The molecule has 0 aliphatic carbocycles. The number of hydrogen-bond acceptors (Lipinski definition) is 2. The lowest BCUT2D eigenvalue weighted by atomic mass is 9.89. The van der Waals surface area contributed by atoms with Crippen LogP contribution in [0.25, 0.3) is 0 Å². The molecule has 0 saturated heterocycles. The molecule has 1 unspecified atom stereocenters. The van der Waals surface area contributed by atoms with Crippen molar-refractivity contribution < 1.29 is 0 Å². The lowest BCUT2D eigenvalue weighted by Crippen LogP contribution is -2.24. The molecule has 0 radical (unpaired) electrons. The van der Waals surface area contributed by atoms with Crippen LogP contribution < -0.4 is 0 Å². The molecule has 0 amide bonds. The zero-order valence-electron chi connectivity index (χ0n) is 13.2. The number of allylic oxidation sites excluding steroid dienone is 1. The van der Waals surface area contributed by atoms with Crippen LogP contribution in [-0.4, -0.2) is 11.4 Å². The van der Waals surface area contributed by atoms with E-state index < -0.39 is 0 Å². The van der Waals surface area contributed by atoms with E-state index in [2.05, 4.69) is 20.4 Å². The Kier molecular flexibility index (Phi) is 5.82. The second kappa shape index (κ2) is 7.43. The topological polar surface area (TPSA) is 36.2 Å². The molecule has 1 aliphatic heterocycles. The van der Waals surface area contributed by atoms with Gasteiger partial charge < -0.3 is 0 Å². The predicted octanol–water partition coefficient (Wildman–Crippen LogP) is 6.41. The van der Waals surface area contributed by atoms with Crippen LogP contribution in [-0.2, 0) is 6.42 Å². The third-order valence-corrected chi connectivity index (χ3v) is 4.85. The van der Waals surface area contributed by atoms with Crippen molar-refractivity contribution in [3.05, 3.63) is 39.9 Å². The first kappa shape index (κ1) is 17.2. The van der Waals surface area contributed by atoms with Gasteiger partial charge in [-0.25, -0.2) is 0 Å². The Balaban J connectivity index is 2.48. The van der Waals surface area contributed by atoms with E-state index in [1.165, 1.54) is 0 Å². The van der Waals surface area contributed by atoms with Crippen LogP contribution >= 0.6 is 23.2 Å². The van der Waals surface area contributed by atoms with E-state index in [1.807, 2.05) is 12.1 Å². The zero-order valence-corrected chi connectivity index (χ0v) is 14.7.